The lowest BCUT2D eigenvalue weighted by Crippen LogP contribution is -2.14. The van der Waals surface area contributed by atoms with Crippen molar-refractivity contribution in [2.45, 2.75) is 44.9 Å². The number of hydrogen-bond acceptors (Lipinski definition) is 8. The molecule has 2 N–H and O–H groups in total. The third kappa shape index (κ3) is 5.45. The normalized spacial score (nSPS) is 18.3. The molecule has 2 amide bonds. The summed E-state index contributed by atoms with van der Waals surface area (Å²) in [7, 11) is 0. The van der Waals surface area contributed by atoms with Crippen LogP contribution in [0.1, 0.15) is 47.7 Å². The number of anilines is 2. The summed E-state index contributed by atoms with van der Waals surface area (Å²) in [4.78, 5) is 23.3. The summed E-state index contributed by atoms with van der Waals surface area (Å²) in [6, 6.07) is 9.64. The Balaban J connectivity index is 1.28. The van der Waals surface area contributed by atoms with E-state index in [2.05, 4.69) is 31.0 Å². The molecule has 1 saturated carbocycles. The maximum Gasteiger partial charge on any atom is 0.230 e. The zero-order chi connectivity index (χ0) is 20.9. The van der Waals surface area contributed by atoms with Crippen LogP contribution in [0.4, 0.5) is 10.3 Å². The average molecular weight is 443 g/mol. The van der Waals surface area contributed by atoms with Crippen LogP contribution in [0.15, 0.2) is 30.3 Å². The van der Waals surface area contributed by atoms with E-state index in [1.807, 2.05) is 30.3 Å². The van der Waals surface area contributed by atoms with E-state index >= 15 is 0 Å². The lowest BCUT2D eigenvalue weighted by Gasteiger charge is -2.06. The molecule has 3 aromatic rings. The molecule has 1 aromatic carbocycles. The Bertz CT molecular complexity index is 1020. The summed E-state index contributed by atoms with van der Waals surface area (Å²) in [5.74, 6) is 0.643. The van der Waals surface area contributed by atoms with Crippen LogP contribution in [0.5, 0.6) is 0 Å². The Hall–Kier alpha value is -2.72. The van der Waals surface area contributed by atoms with Crippen LogP contribution in [-0.4, -0.2) is 32.2 Å². The van der Waals surface area contributed by atoms with Gasteiger partial charge in [-0.3, -0.25) is 9.59 Å². The summed E-state index contributed by atoms with van der Waals surface area (Å²) in [5.41, 5.74) is 0.969. The number of hydrogen-bond donors (Lipinski definition) is 2. The van der Waals surface area contributed by atoms with Gasteiger partial charge in [0.2, 0.25) is 22.1 Å². The van der Waals surface area contributed by atoms with Gasteiger partial charge in [-0.05, 0) is 30.7 Å². The number of aromatic nitrogens is 4. The average Bonchev–Trinajstić information content (AvgIpc) is 3.44. The van der Waals surface area contributed by atoms with Crippen molar-refractivity contribution in [1.29, 1.82) is 0 Å². The monoisotopic (exact) mass is 442 g/mol. The van der Waals surface area contributed by atoms with E-state index in [9.17, 15) is 9.59 Å². The molecule has 2 heterocycles. The highest BCUT2D eigenvalue weighted by Crippen LogP contribution is 2.41. The number of nitrogens with zero attached hydrogens (tertiary/aromatic N) is 4. The zero-order valence-electron chi connectivity index (χ0n) is 16.5. The Kier molecular flexibility index (Phi) is 6.44. The van der Waals surface area contributed by atoms with Gasteiger partial charge in [0.05, 0.1) is 6.42 Å². The SMILES string of the molecule is CC(=O)Nc1nnc(CC2CC[C@@H](c3nnc(NC(=O)Cc4ccccc4)s3)C2)s1. The first-order valence-electron chi connectivity index (χ1n) is 9.82. The topological polar surface area (TPSA) is 110 Å². The number of benzene rings is 1. The van der Waals surface area contributed by atoms with Gasteiger partial charge in [0.25, 0.3) is 0 Å². The molecule has 0 aliphatic heterocycles. The Labute approximate surface area is 182 Å². The second kappa shape index (κ2) is 9.40. The van der Waals surface area contributed by atoms with E-state index in [1.165, 1.54) is 29.6 Å². The predicted octanol–water partition coefficient (Wildman–Crippen LogP) is 3.66. The van der Waals surface area contributed by atoms with Crippen molar-refractivity contribution in [2.75, 3.05) is 10.6 Å². The first-order valence-corrected chi connectivity index (χ1v) is 11.5. The summed E-state index contributed by atoms with van der Waals surface area (Å²) >= 11 is 2.89. The molecular weight excluding hydrogens is 420 g/mol. The smallest absolute Gasteiger partial charge is 0.230 e. The van der Waals surface area contributed by atoms with Crippen LogP contribution in [0.2, 0.25) is 0 Å². The van der Waals surface area contributed by atoms with Crippen LogP contribution >= 0.6 is 22.7 Å². The van der Waals surface area contributed by atoms with Crippen molar-refractivity contribution < 1.29 is 9.59 Å². The zero-order valence-corrected chi connectivity index (χ0v) is 18.1. The highest BCUT2D eigenvalue weighted by molar-refractivity contribution is 7.15. The summed E-state index contributed by atoms with van der Waals surface area (Å²) in [6.45, 7) is 1.46. The Morgan fingerprint density at radius 2 is 1.77 bits per heavy atom. The fourth-order valence-corrected chi connectivity index (χ4v) is 5.47. The van der Waals surface area contributed by atoms with Gasteiger partial charge in [0.1, 0.15) is 10.0 Å². The van der Waals surface area contributed by atoms with E-state index in [0.717, 1.165) is 41.3 Å². The van der Waals surface area contributed by atoms with Gasteiger partial charge >= 0.3 is 0 Å². The Morgan fingerprint density at radius 1 is 1.00 bits per heavy atom. The molecule has 0 spiro atoms. The quantitative estimate of drug-likeness (QED) is 0.578. The maximum atomic E-state index is 12.2. The van der Waals surface area contributed by atoms with Crippen molar-refractivity contribution in [3.8, 4) is 0 Å². The number of nitrogens with one attached hydrogen (secondary N) is 2. The number of amides is 2. The minimum atomic E-state index is -0.137. The molecule has 2 aromatic heterocycles. The molecular formula is C20H22N6O2S2. The van der Waals surface area contributed by atoms with Crippen molar-refractivity contribution in [2.24, 2.45) is 5.92 Å². The molecule has 4 rings (SSSR count). The third-order valence-corrected chi connectivity index (χ3v) is 6.86. The standard InChI is InChI=1S/C20H22N6O2S2/c1-12(27)21-19-25-23-17(29-19)11-14-7-8-15(9-14)18-24-26-20(30-18)22-16(28)10-13-5-3-2-4-6-13/h2-6,14-15H,7-11H2,1H3,(H,21,25,27)(H,22,26,28)/t14?,15-/m1/s1. The van der Waals surface area contributed by atoms with Crippen LogP contribution in [-0.2, 0) is 22.4 Å². The number of carbonyl (C=O) groups excluding carboxylic acids is 2. The summed E-state index contributed by atoms with van der Waals surface area (Å²) < 4.78 is 0. The van der Waals surface area contributed by atoms with E-state index < -0.39 is 0 Å². The first kappa shape index (κ1) is 20.5. The van der Waals surface area contributed by atoms with Crippen molar-refractivity contribution >= 4 is 44.8 Å². The molecule has 8 nitrogen and oxygen atoms in total. The summed E-state index contributed by atoms with van der Waals surface area (Å²) in [5, 5.41) is 25.2. The predicted molar refractivity (Wildman–Crippen MR) is 117 cm³/mol. The van der Waals surface area contributed by atoms with Gasteiger partial charge < -0.3 is 10.6 Å². The molecule has 0 saturated heterocycles. The minimum absolute atomic E-state index is 0.0838. The van der Waals surface area contributed by atoms with Crippen molar-refractivity contribution in [3.63, 3.8) is 0 Å². The molecule has 0 radical (unpaired) electrons. The lowest BCUT2D eigenvalue weighted by atomic mass is 10.0. The third-order valence-electron chi connectivity index (χ3n) is 5.00. The first-order chi connectivity index (χ1) is 14.5. The molecule has 2 atom stereocenters. The molecule has 30 heavy (non-hydrogen) atoms. The van der Waals surface area contributed by atoms with Crippen LogP contribution in [0.25, 0.3) is 0 Å². The van der Waals surface area contributed by atoms with E-state index in [0.29, 0.717) is 28.5 Å². The van der Waals surface area contributed by atoms with E-state index in [-0.39, 0.29) is 11.8 Å². The molecule has 156 valence electrons. The summed E-state index contributed by atoms with van der Waals surface area (Å²) in [6.07, 6.45) is 4.34. The minimum Gasteiger partial charge on any atom is -0.301 e. The molecule has 1 aliphatic carbocycles. The van der Waals surface area contributed by atoms with Gasteiger partial charge in [-0.2, -0.15) is 0 Å². The Morgan fingerprint density at radius 3 is 2.57 bits per heavy atom. The van der Waals surface area contributed by atoms with Gasteiger partial charge in [-0.15, -0.1) is 20.4 Å². The van der Waals surface area contributed by atoms with E-state index in [1.54, 1.807) is 0 Å². The number of rotatable bonds is 7. The van der Waals surface area contributed by atoms with Gasteiger partial charge in [0, 0.05) is 19.3 Å². The molecule has 10 heteroatoms. The molecule has 1 aliphatic rings. The van der Waals surface area contributed by atoms with Gasteiger partial charge in [0.15, 0.2) is 0 Å². The highest BCUT2D eigenvalue weighted by atomic mass is 32.1. The second-order valence-electron chi connectivity index (χ2n) is 7.42. The van der Waals surface area contributed by atoms with Gasteiger partial charge in [-0.25, -0.2) is 0 Å². The van der Waals surface area contributed by atoms with Crippen molar-refractivity contribution in [1.82, 2.24) is 20.4 Å². The lowest BCUT2D eigenvalue weighted by molar-refractivity contribution is -0.116. The van der Waals surface area contributed by atoms with E-state index in [4.69, 9.17) is 0 Å². The van der Waals surface area contributed by atoms with Crippen molar-refractivity contribution in [3.05, 3.63) is 45.9 Å². The maximum absolute atomic E-state index is 12.2. The fraction of sp³-hybridized carbons (Fsp3) is 0.400. The largest absolute Gasteiger partial charge is 0.301 e. The molecule has 1 unspecified atom stereocenters. The second-order valence-corrected chi connectivity index (χ2v) is 9.49. The fourth-order valence-electron chi connectivity index (χ4n) is 3.66. The highest BCUT2D eigenvalue weighted by Gasteiger charge is 2.29. The molecule has 1 fully saturated rings. The van der Waals surface area contributed by atoms with Crippen LogP contribution in [0.3, 0.4) is 0 Å². The number of carbonyl (C=O) groups is 2. The van der Waals surface area contributed by atoms with Crippen LogP contribution in [0, 0.1) is 5.92 Å². The molecule has 0 bridgehead atoms. The van der Waals surface area contributed by atoms with Crippen LogP contribution < -0.4 is 10.6 Å². The van der Waals surface area contributed by atoms with Gasteiger partial charge in [-0.1, -0.05) is 53.0 Å².